The molecule has 0 aromatic heterocycles. The van der Waals surface area contributed by atoms with Crippen molar-refractivity contribution in [2.24, 2.45) is 0 Å². The maximum atomic E-state index is 2.61. The second-order valence-corrected chi connectivity index (χ2v) is 20.3. The Hall–Kier alpha value is -8.00. The molecule has 10 aromatic rings. The fourth-order valence-electron chi connectivity index (χ4n) is 13.4. The Kier molecular flexibility index (Phi) is 8.08. The van der Waals surface area contributed by atoms with Crippen LogP contribution in [0.1, 0.15) is 72.2 Å². The van der Waals surface area contributed by atoms with E-state index in [0.717, 1.165) is 17.1 Å². The molecule has 0 atom stereocenters. The van der Waals surface area contributed by atoms with Crippen molar-refractivity contribution in [3.05, 3.63) is 269 Å². The fourth-order valence-corrected chi connectivity index (χ4v) is 13.4. The van der Waals surface area contributed by atoms with Gasteiger partial charge in [-0.05, 0) is 119 Å². The zero-order valence-corrected chi connectivity index (χ0v) is 38.8. The Morgan fingerprint density at radius 1 is 0.250 bits per heavy atom. The monoisotopic (exact) mass is 867 g/mol. The molecule has 0 radical (unpaired) electrons. The molecular formula is C67H49N. The first-order valence-corrected chi connectivity index (χ1v) is 24.2. The lowest BCUT2D eigenvalue weighted by atomic mass is 9.70. The van der Waals surface area contributed by atoms with Crippen LogP contribution < -0.4 is 4.90 Å². The van der Waals surface area contributed by atoms with Crippen LogP contribution in [0.2, 0.25) is 0 Å². The van der Waals surface area contributed by atoms with Gasteiger partial charge >= 0.3 is 0 Å². The SMILES string of the molecule is CC1(C)c2ccccc2-c2cc(-c3ccccc3N(c3ccccc3-c3cccc4c3-c3ccccc3C4(C)C)c3cccc4c3-c3ccccc3C43c4ccccc4-c4ccccc43)ccc21. The molecule has 322 valence electrons. The van der Waals surface area contributed by atoms with Gasteiger partial charge in [0.05, 0.1) is 22.5 Å². The van der Waals surface area contributed by atoms with E-state index in [-0.39, 0.29) is 10.8 Å². The summed E-state index contributed by atoms with van der Waals surface area (Å²) in [6.45, 7) is 9.49. The maximum absolute atomic E-state index is 2.61. The van der Waals surface area contributed by atoms with Crippen molar-refractivity contribution >= 4 is 17.1 Å². The lowest BCUT2D eigenvalue weighted by Gasteiger charge is -2.33. The molecule has 4 aliphatic carbocycles. The Bertz CT molecular complexity index is 3720. The molecule has 10 aromatic carbocycles. The fraction of sp³-hybridized carbons (Fsp3) is 0.104. The predicted molar refractivity (Wildman–Crippen MR) is 283 cm³/mol. The van der Waals surface area contributed by atoms with Crippen LogP contribution in [0.5, 0.6) is 0 Å². The van der Waals surface area contributed by atoms with E-state index < -0.39 is 5.41 Å². The van der Waals surface area contributed by atoms with Crippen LogP contribution in [0.25, 0.3) is 66.8 Å². The minimum Gasteiger partial charge on any atom is -0.309 e. The van der Waals surface area contributed by atoms with Crippen LogP contribution >= 0.6 is 0 Å². The van der Waals surface area contributed by atoms with Crippen molar-refractivity contribution in [3.8, 4) is 66.8 Å². The summed E-state index contributed by atoms with van der Waals surface area (Å²) in [5, 5.41) is 0. The first-order chi connectivity index (χ1) is 33.3. The van der Waals surface area contributed by atoms with Gasteiger partial charge in [-0.15, -0.1) is 0 Å². The number of fused-ring (bicyclic) bond motifs is 16. The normalized spacial score (nSPS) is 15.1. The number of hydrogen-bond donors (Lipinski definition) is 0. The highest BCUT2D eigenvalue weighted by Gasteiger charge is 2.52. The molecule has 1 heteroatoms. The van der Waals surface area contributed by atoms with Crippen molar-refractivity contribution in [2.45, 2.75) is 43.9 Å². The molecule has 68 heavy (non-hydrogen) atoms. The van der Waals surface area contributed by atoms with Crippen molar-refractivity contribution in [1.82, 2.24) is 0 Å². The second kappa shape index (κ2) is 14.0. The minimum absolute atomic E-state index is 0.0799. The van der Waals surface area contributed by atoms with Gasteiger partial charge in [0.1, 0.15) is 0 Å². The number of anilines is 3. The highest BCUT2D eigenvalue weighted by atomic mass is 15.2. The Balaban J connectivity index is 1.08. The first-order valence-electron chi connectivity index (χ1n) is 24.2. The highest BCUT2D eigenvalue weighted by Crippen LogP contribution is 2.65. The van der Waals surface area contributed by atoms with Crippen LogP contribution in [0.4, 0.5) is 17.1 Å². The molecule has 0 saturated carbocycles. The van der Waals surface area contributed by atoms with Crippen LogP contribution in [0.3, 0.4) is 0 Å². The summed E-state index contributed by atoms with van der Waals surface area (Å²) < 4.78 is 0. The van der Waals surface area contributed by atoms with Gasteiger partial charge in [-0.2, -0.15) is 0 Å². The summed E-state index contributed by atoms with van der Waals surface area (Å²) in [7, 11) is 0. The van der Waals surface area contributed by atoms with Gasteiger partial charge in [-0.25, -0.2) is 0 Å². The number of hydrogen-bond acceptors (Lipinski definition) is 1. The number of benzene rings is 10. The molecule has 0 fully saturated rings. The van der Waals surface area contributed by atoms with E-state index in [1.807, 2.05) is 0 Å². The summed E-state index contributed by atoms with van der Waals surface area (Å²) in [4.78, 5) is 2.61. The van der Waals surface area contributed by atoms with Crippen molar-refractivity contribution in [3.63, 3.8) is 0 Å². The molecule has 4 aliphatic rings. The molecule has 0 aliphatic heterocycles. The van der Waals surface area contributed by atoms with E-state index >= 15 is 0 Å². The lowest BCUT2D eigenvalue weighted by molar-refractivity contribution is 0.660. The molecule has 0 amide bonds. The van der Waals surface area contributed by atoms with Gasteiger partial charge in [-0.1, -0.05) is 228 Å². The zero-order valence-electron chi connectivity index (χ0n) is 38.8. The van der Waals surface area contributed by atoms with Crippen LogP contribution in [0, 0.1) is 0 Å². The third kappa shape index (κ3) is 5.01. The molecule has 0 N–H and O–H groups in total. The smallest absolute Gasteiger partial charge is 0.0726 e. The molecule has 1 spiro atoms. The van der Waals surface area contributed by atoms with E-state index in [0.29, 0.717) is 0 Å². The van der Waals surface area contributed by atoms with Gasteiger partial charge in [0, 0.05) is 27.5 Å². The van der Waals surface area contributed by atoms with E-state index in [1.54, 1.807) is 0 Å². The standard InChI is InChI=1S/C67H49N/c1-65(2)52-29-12-5-24-46(52)51-41-42(39-40-54(51)65)43-21-10-17-36-60(43)68(61-37-18-11-25-47(61)48-28-19-34-58-63(48)49-26-8-13-30-53(49)66(58,3)4)62-38-20-35-59-64(62)50-27-9-16-33-57(50)67(59)55-31-14-6-22-44(55)45-23-7-15-32-56(45)67/h5-41H,1-4H3. The van der Waals surface area contributed by atoms with Crippen LogP contribution in [-0.2, 0) is 16.2 Å². The van der Waals surface area contributed by atoms with Gasteiger partial charge in [0.2, 0.25) is 0 Å². The maximum Gasteiger partial charge on any atom is 0.0726 e. The molecule has 1 nitrogen and oxygen atoms in total. The third-order valence-electron chi connectivity index (χ3n) is 16.3. The molecular weight excluding hydrogens is 819 g/mol. The number of para-hydroxylation sites is 2. The zero-order chi connectivity index (χ0) is 45.5. The van der Waals surface area contributed by atoms with E-state index in [2.05, 4.69) is 257 Å². The molecule has 0 heterocycles. The average molecular weight is 868 g/mol. The highest BCUT2D eigenvalue weighted by molar-refractivity contribution is 6.05. The van der Waals surface area contributed by atoms with Crippen molar-refractivity contribution in [1.29, 1.82) is 0 Å². The summed E-state index contributed by atoms with van der Waals surface area (Å²) in [5.41, 5.74) is 28.9. The Morgan fingerprint density at radius 2 is 0.632 bits per heavy atom. The third-order valence-corrected chi connectivity index (χ3v) is 16.3. The quantitative estimate of drug-likeness (QED) is 0.167. The predicted octanol–water partition coefficient (Wildman–Crippen LogP) is 17.4. The second-order valence-electron chi connectivity index (χ2n) is 20.3. The van der Waals surface area contributed by atoms with E-state index in [4.69, 9.17) is 0 Å². The van der Waals surface area contributed by atoms with Gasteiger partial charge in [0.25, 0.3) is 0 Å². The largest absolute Gasteiger partial charge is 0.309 e. The summed E-state index contributed by atoms with van der Waals surface area (Å²) in [5.74, 6) is 0. The van der Waals surface area contributed by atoms with E-state index in [9.17, 15) is 0 Å². The number of rotatable bonds is 5. The molecule has 0 bridgehead atoms. The first kappa shape index (κ1) is 39.2. The molecule has 14 rings (SSSR count). The van der Waals surface area contributed by atoms with Crippen LogP contribution in [0.15, 0.2) is 224 Å². The number of nitrogens with zero attached hydrogens (tertiary/aromatic N) is 1. The van der Waals surface area contributed by atoms with E-state index in [1.165, 1.54) is 111 Å². The summed E-state index contributed by atoms with van der Waals surface area (Å²) in [6, 6.07) is 85.1. The minimum atomic E-state index is -0.477. The molecule has 0 unspecified atom stereocenters. The summed E-state index contributed by atoms with van der Waals surface area (Å²) >= 11 is 0. The van der Waals surface area contributed by atoms with Crippen molar-refractivity contribution < 1.29 is 0 Å². The van der Waals surface area contributed by atoms with Crippen LogP contribution in [-0.4, -0.2) is 0 Å². The summed E-state index contributed by atoms with van der Waals surface area (Å²) in [6.07, 6.45) is 0. The Morgan fingerprint density at radius 3 is 1.28 bits per heavy atom. The Labute approximate surface area is 399 Å². The van der Waals surface area contributed by atoms with Gasteiger partial charge < -0.3 is 4.90 Å². The van der Waals surface area contributed by atoms with Crippen molar-refractivity contribution in [2.75, 3.05) is 4.90 Å². The lowest BCUT2D eigenvalue weighted by Crippen LogP contribution is -2.26. The van der Waals surface area contributed by atoms with Gasteiger partial charge in [-0.3, -0.25) is 0 Å². The topological polar surface area (TPSA) is 3.24 Å². The molecule has 0 saturated heterocycles. The van der Waals surface area contributed by atoms with Gasteiger partial charge in [0.15, 0.2) is 0 Å². The average Bonchev–Trinajstić information content (AvgIpc) is 4.02.